The summed E-state index contributed by atoms with van der Waals surface area (Å²) in [5.74, 6) is 0.136. The predicted molar refractivity (Wildman–Crippen MR) is 93.6 cm³/mol. The largest absolute Gasteiger partial charge is 0.310 e. The van der Waals surface area contributed by atoms with Gasteiger partial charge in [-0.3, -0.25) is 4.79 Å². The van der Waals surface area contributed by atoms with E-state index < -0.39 is 10.0 Å². The highest BCUT2D eigenvalue weighted by Gasteiger charge is 2.32. The Balaban J connectivity index is 1.97. The van der Waals surface area contributed by atoms with Crippen molar-refractivity contribution in [1.29, 1.82) is 0 Å². The standard InChI is InChI=1S/C15H22BrN3O3S/c1-2-3-9-23(21,22)19-8-4-5-12(11-19)15(20)18-14-7-6-13(16)10-17-14/h6-7,10,12H,2-5,8-9,11H2,1H3,(H,17,18,20). The van der Waals surface area contributed by atoms with Gasteiger partial charge in [0.25, 0.3) is 0 Å². The lowest BCUT2D eigenvalue weighted by Crippen LogP contribution is -2.44. The Kier molecular flexibility index (Phi) is 6.55. The third kappa shape index (κ3) is 5.26. The SMILES string of the molecule is CCCCS(=O)(=O)N1CCCC(C(=O)Nc2ccc(Br)cn2)C1. The van der Waals surface area contributed by atoms with Crippen LogP contribution in [0, 0.1) is 5.92 Å². The Bertz CT molecular complexity index is 634. The summed E-state index contributed by atoms with van der Waals surface area (Å²) in [6.45, 7) is 2.73. The number of hydrogen-bond acceptors (Lipinski definition) is 4. The van der Waals surface area contributed by atoms with E-state index >= 15 is 0 Å². The highest BCUT2D eigenvalue weighted by atomic mass is 79.9. The number of rotatable bonds is 6. The lowest BCUT2D eigenvalue weighted by Gasteiger charge is -2.31. The molecule has 1 amide bonds. The molecule has 6 nitrogen and oxygen atoms in total. The van der Waals surface area contributed by atoms with Crippen LogP contribution < -0.4 is 5.32 Å². The van der Waals surface area contributed by atoms with Gasteiger partial charge in [-0.2, -0.15) is 0 Å². The molecule has 1 saturated heterocycles. The number of pyridine rings is 1. The van der Waals surface area contributed by atoms with Gasteiger partial charge in [0.15, 0.2) is 0 Å². The van der Waals surface area contributed by atoms with E-state index in [1.807, 2.05) is 6.92 Å². The van der Waals surface area contributed by atoms with E-state index in [-0.39, 0.29) is 24.1 Å². The van der Waals surface area contributed by atoms with Crippen LogP contribution in [0.4, 0.5) is 5.82 Å². The molecular weight excluding hydrogens is 382 g/mol. The van der Waals surface area contributed by atoms with Crippen molar-refractivity contribution in [2.45, 2.75) is 32.6 Å². The minimum Gasteiger partial charge on any atom is -0.310 e. The van der Waals surface area contributed by atoms with Gasteiger partial charge in [0.05, 0.1) is 11.7 Å². The van der Waals surface area contributed by atoms with E-state index in [0.717, 1.165) is 10.9 Å². The second-order valence-electron chi connectivity index (χ2n) is 5.72. The number of unbranched alkanes of at least 4 members (excludes halogenated alkanes) is 1. The quantitative estimate of drug-likeness (QED) is 0.791. The maximum absolute atomic E-state index is 12.4. The number of anilines is 1. The van der Waals surface area contributed by atoms with Crippen molar-refractivity contribution in [3.8, 4) is 0 Å². The van der Waals surface area contributed by atoms with Crippen LogP contribution in [0.2, 0.25) is 0 Å². The predicted octanol–water partition coefficient (Wildman–Crippen LogP) is 2.62. The first-order valence-electron chi connectivity index (χ1n) is 7.82. The van der Waals surface area contributed by atoms with E-state index in [4.69, 9.17) is 0 Å². The molecule has 2 heterocycles. The normalized spacial score (nSPS) is 19.5. The van der Waals surface area contributed by atoms with Gasteiger partial charge in [-0.15, -0.1) is 0 Å². The van der Waals surface area contributed by atoms with E-state index in [9.17, 15) is 13.2 Å². The average Bonchev–Trinajstić information content (AvgIpc) is 2.55. The van der Waals surface area contributed by atoms with Crippen LogP contribution >= 0.6 is 15.9 Å². The molecule has 1 aromatic rings. The zero-order chi connectivity index (χ0) is 16.9. The number of sulfonamides is 1. The molecule has 1 N–H and O–H groups in total. The first kappa shape index (κ1) is 18.4. The third-order valence-electron chi connectivity index (χ3n) is 3.88. The molecule has 128 valence electrons. The van der Waals surface area contributed by atoms with E-state index in [0.29, 0.717) is 31.6 Å². The number of carbonyl (C=O) groups excluding carboxylic acids is 1. The van der Waals surface area contributed by atoms with Crippen LogP contribution in [0.15, 0.2) is 22.8 Å². The van der Waals surface area contributed by atoms with Crippen molar-refractivity contribution in [3.63, 3.8) is 0 Å². The molecule has 8 heteroatoms. The van der Waals surface area contributed by atoms with Gasteiger partial charge in [-0.05, 0) is 47.3 Å². The highest BCUT2D eigenvalue weighted by Crippen LogP contribution is 2.21. The van der Waals surface area contributed by atoms with Gasteiger partial charge >= 0.3 is 0 Å². The number of piperidine rings is 1. The fraction of sp³-hybridized carbons (Fsp3) is 0.600. The maximum Gasteiger partial charge on any atom is 0.229 e. The molecular formula is C15H22BrN3O3S. The van der Waals surface area contributed by atoms with Gasteiger partial charge in [0.2, 0.25) is 15.9 Å². The third-order valence-corrected chi connectivity index (χ3v) is 6.27. The van der Waals surface area contributed by atoms with Crippen molar-refractivity contribution in [3.05, 3.63) is 22.8 Å². The van der Waals surface area contributed by atoms with Crippen LogP contribution in [0.3, 0.4) is 0 Å². The van der Waals surface area contributed by atoms with Gasteiger partial charge in [0, 0.05) is 23.8 Å². The zero-order valence-electron chi connectivity index (χ0n) is 13.2. The first-order chi connectivity index (χ1) is 10.9. The fourth-order valence-electron chi connectivity index (χ4n) is 2.54. The summed E-state index contributed by atoms with van der Waals surface area (Å²) in [6, 6.07) is 3.51. The molecule has 1 aliphatic rings. The fourth-order valence-corrected chi connectivity index (χ4v) is 4.50. The lowest BCUT2D eigenvalue weighted by atomic mass is 9.99. The molecule has 0 aromatic carbocycles. The molecule has 23 heavy (non-hydrogen) atoms. The number of aromatic nitrogens is 1. The molecule has 1 unspecified atom stereocenters. The molecule has 0 spiro atoms. The monoisotopic (exact) mass is 403 g/mol. The van der Waals surface area contributed by atoms with Crippen LogP contribution in [-0.4, -0.2) is 42.5 Å². The molecule has 1 aromatic heterocycles. The Morgan fingerprint density at radius 3 is 2.91 bits per heavy atom. The summed E-state index contributed by atoms with van der Waals surface area (Å²) < 4.78 is 26.9. The molecule has 2 rings (SSSR count). The molecule has 0 saturated carbocycles. The van der Waals surface area contributed by atoms with E-state index in [1.54, 1.807) is 18.3 Å². The number of nitrogens with one attached hydrogen (secondary N) is 1. The summed E-state index contributed by atoms with van der Waals surface area (Å²) in [5, 5.41) is 2.76. The number of amides is 1. The summed E-state index contributed by atoms with van der Waals surface area (Å²) in [6.07, 6.45) is 4.50. The van der Waals surface area contributed by atoms with Crippen molar-refractivity contribution in [1.82, 2.24) is 9.29 Å². The van der Waals surface area contributed by atoms with Gasteiger partial charge in [-0.1, -0.05) is 13.3 Å². The van der Waals surface area contributed by atoms with Crippen LogP contribution in [-0.2, 0) is 14.8 Å². The summed E-state index contributed by atoms with van der Waals surface area (Å²) in [5.41, 5.74) is 0. The molecule has 1 fully saturated rings. The van der Waals surface area contributed by atoms with Crippen molar-refractivity contribution in [2.75, 3.05) is 24.2 Å². The second-order valence-corrected chi connectivity index (χ2v) is 8.72. The second kappa shape index (κ2) is 8.21. The van der Waals surface area contributed by atoms with E-state index in [2.05, 4.69) is 26.2 Å². The molecule has 1 atom stereocenters. The van der Waals surface area contributed by atoms with Gasteiger partial charge in [0.1, 0.15) is 5.82 Å². The first-order valence-corrected chi connectivity index (χ1v) is 10.2. The Hall–Kier alpha value is -0.990. The maximum atomic E-state index is 12.4. The van der Waals surface area contributed by atoms with Crippen LogP contribution in [0.5, 0.6) is 0 Å². The Morgan fingerprint density at radius 1 is 1.48 bits per heavy atom. The summed E-state index contributed by atoms with van der Waals surface area (Å²) in [4.78, 5) is 16.5. The highest BCUT2D eigenvalue weighted by molar-refractivity contribution is 9.10. The number of nitrogens with zero attached hydrogens (tertiary/aromatic N) is 2. The minimum atomic E-state index is -3.26. The Labute approximate surface area is 145 Å². The van der Waals surface area contributed by atoms with Gasteiger partial charge in [-0.25, -0.2) is 17.7 Å². The van der Waals surface area contributed by atoms with Crippen LogP contribution in [0.25, 0.3) is 0 Å². The minimum absolute atomic E-state index is 0.159. The van der Waals surface area contributed by atoms with Crippen molar-refractivity contribution < 1.29 is 13.2 Å². The summed E-state index contributed by atoms with van der Waals surface area (Å²) in [7, 11) is -3.26. The Morgan fingerprint density at radius 2 is 2.26 bits per heavy atom. The average molecular weight is 404 g/mol. The molecule has 1 aliphatic heterocycles. The van der Waals surface area contributed by atoms with Crippen LogP contribution in [0.1, 0.15) is 32.6 Å². The van der Waals surface area contributed by atoms with Crippen molar-refractivity contribution in [2.24, 2.45) is 5.92 Å². The number of carbonyl (C=O) groups is 1. The zero-order valence-corrected chi connectivity index (χ0v) is 15.6. The topological polar surface area (TPSA) is 79.4 Å². The lowest BCUT2D eigenvalue weighted by molar-refractivity contribution is -0.120. The molecule has 0 aliphatic carbocycles. The van der Waals surface area contributed by atoms with Gasteiger partial charge < -0.3 is 5.32 Å². The smallest absolute Gasteiger partial charge is 0.229 e. The number of halogens is 1. The molecule has 0 radical (unpaired) electrons. The molecule has 0 bridgehead atoms. The van der Waals surface area contributed by atoms with Crippen molar-refractivity contribution >= 4 is 37.7 Å². The summed E-state index contributed by atoms with van der Waals surface area (Å²) >= 11 is 3.29. The number of hydrogen-bond donors (Lipinski definition) is 1. The van der Waals surface area contributed by atoms with E-state index in [1.165, 1.54) is 4.31 Å².